The molecular formula is C10H6N2OS. The van der Waals surface area contributed by atoms with Crippen molar-refractivity contribution in [2.24, 2.45) is 0 Å². The van der Waals surface area contributed by atoms with Gasteiger partial charge in [-0.2, -0.15) is 4.37 Å². The Morgan fingerprint density at radius 1 is 1.14 bits per heavy atom. The van der Waals surface area contributed by atoms with Crippen molar-refractivity contribution in [3.63, 3.8) is 0 Å². The van der Waals surface area contributed by atoms with Crippen molar-refractivity contribution in [2.75, 3.05) is 0 Å². The highest BCUT2D eigenvalue weighted by Crippen LogP contribution is 2.29. The van der Waals surface area contributed by atoms with Gasteiger partial charge in [0.2, 0.25) is 0 Å². The Balaban J connectivity index is 2.33. The van der Waals surface area contributed by atoms with E-state index in [1.807, 2.05) is 24.3 Å². The predicted molar refractivity (Wildman–Crippen MR) is 55.1 cm³/mol. The van der Waals surface area contributed by atoms with Gasteiger partial charge in [-0.15, -0.1) is 0 Å². The van der Waals surface area contributed by atoms with Crippen LogP contribution in [0.15, 0.2) is 41.1 Å². The molecule has 0 aliphatic rings. The van der Waals surface area contributed by atoms with Crippen molar-refractivity contribution in [2.45, 2.75) is 0 Å². The summed E-state index contributed by atoms with van der Waals surface area (Å²) in [7, 11) is 0. The molecule has 0 N–H and O–H groups in total. The van der Waals surface area contributed by atoms with Crippen molar-refractivity contribution >= 4 is 21.6 Å². The zero-order valence-electron chi connectivity index (χ0n) is 7.18. The summed E-state index contributed by atoms with van der Waals surface area (Å²) in [5.74, 6) is 0. The molecule has 0 fully saturated rings. The maximum absolute atomic E-state index is 4.80. The minimum Gasteiger partial charge on any atom is -0.364 e. The first kappa shape index (κ1) is 7.70. The molecule has 0 unspecified atom stereocenters. The van der Waals surface area contributed by atoms with Gasteiger partial charge in [-0.3, -0.25) is 0 Å². The first-order valence-corrected chi connectivity index (χ1v) is 4.97. The van der Waals surface area contributed by atoms with Gasteiger partial charge in [0.1, 0.15) is 17.7 Å². The van der Waals surface area contributed by atoms with E-state index in [4.69, 9.17) is 4.52 Å². The summed E-state index contributed by atoms with van der Waals surface area (Å²) >= 11 is 1.48. The molecule has 0 saturated heterocycles. The Bertz CT molecular complexity index is 556. The zero-order chi connectivity index (χ0) is 9.38. The van der Waals surface area contributed by atoms with E-state index in [9.17, 15) is 0 Å². The molecule has 14 heavy (non-hydrogen) atoms. The summed E-state index contributed by atoms with van der Waals surface area (Å²) in [6.45, 7) is 0. The Morgan fingerprint density at radius 2 is 2.07 bits per heavy atom. The molecule has 1 aromatic carbocycles. The molecule has 3 aromatic rings. The lowest BCUT2D eigenvalue weighted by Crippen LogP contribution is -1.75. The first-order valence-electron chi connectivity index (χ1n) is 4.20. The second-order valence-electron chi connectivity index (χ2n) is 2.91. The van der Waals surface area contributed by atoms with Gasteiger partial charge in [-0.05, 0) is 17.6 Å². The molecule has 0 amide bonds. The van der Waals surface area contributed by atoms with Gasteiger partial charge in [0, 0.05) is 11.5 Å². The quantitative estimate of drug-likeness (QED) is 0.609. The Labute approximate surface area is 84.1 Å². The number of hydrogen-bond acceptors (Lipinski definition) is 4. The summed E-state index contributed by atoms with van der Waals surface area (Å²) < 4.78 is 10.3. The van der Waals surface area contributed by atoms with Crippen LogP contribution in [0.5, 0.6) is 0 Å². The highest BCUT2D eigenvalue weighted by molar-refractivity contribution is 7.13. The van der Waals surface area contributed by atoms with E-state index in [0.29, 0.717) is 0 Å². The highest BCUT2D eigenvalue weighted by atomic mass is 32.1. The lowest BCUT2D eigenvalue weighted by molar-refractivity contribution is 0.422. The van der Waals surface area contributed by atoms with Gasteiger partial charge in [-0.25, -0.2) is 0 Å². The van der Waals surface area contributed by atoms with Crippen LogP contribution in [0.25, 0.3) is 21.5 Å². The monoisotopic (exact) mass is 202 g/mol. The lowest BCUT2D eigenvalue weighted by Gasteiger charge is -1.89. The predicted octanol–water partition coefficient (Wildman–Crippen LogP) is 2.95. The Morgan fingerprint density at radius 3 is 2.93 bits per heavy atom. The van der Waals surface area contributed by atoms with E-state index in [2.05, 4.69) is 15.6 Å². The van der Waals surface area contributed by atoms with Crippen LogP contribution in [0.4, 0.5) is 0 Å². The minimum absolute atomic E-state index is 0.794. The molecule has 68 valence electrons. The number of aromatic nitrogens is 2. The van der Waals surface area contributed by atoms with Crippen LogP contribution in [-0.4, -0.2) is 9.53 Å². The molecule has 3 rings (SSSR count). The third-order valence-electron chi connectivity index (χ3n) is 2.06. The van der Waals surface area contributed by atoms with Crippen LogP contribution >= 0.6 is 11.5 Å². The van der Waals surface area contributed by atoms with Crippen molar-refractivity contribution < 1.29 is 4.52 Å². The fourth-order valence-corrected chi connectivity index (χ4v) is 2.19. The standard InChI is InChI=1S/C10H6N2OS/c1-2-4-9-7(3-1)10(12-14-9)8-5-6-13-11-8/h1-6H. The zero-order valence-corrected chi connectivity index (χ0v) is 7.99. The second-order valence-corrected chi connectivity index (χ2v) is 3.72. The molecule has 2 aromatic heterocycles. The van der Waals surface area contributed by atoms with Crippen molar-refractivity contribution in [1.29, 1.82) is 0 Å². The minimum atomic E-state index is 0.794. The van der Waals surface area contributed by atoms with Crippen LogP contribution in [0.1, 0.15) is 0 Å². The summed E-state index contributed by atoms with van der Waals surface area (Å²) in [6, 6.07) is 9.92. The van der Waals surface area contributed by atoms with Gasteiger partial charge < -0.3 is 4.52 Å². The fourth-order valence-electron chi connectivity index (χ4n) is 1.41. The molecule has 0 bridgehead atoms. The molecule has 0 atom stereocenters. The molecule has 0 spiro atoms. The molecule has 0 aliphatic carbocycles. The second kappa shape index (κ2) is 2.92. The SMILES string of the molecule is c1ccc2c(-c3ccon3)nsc2c1. The molecule has 0 radical (unpaired) electrons. The topological polar surface area (TPSA) is 38.9 Å². The van der Waals surface area contributed by atoms with E-state index in [1.165, 1.54) is 16.2 Å². The van der Waals surface area contributed by atoms with Gasteiger partial charge in [-0.1, -0.05) is 23.4 Å². The lowest BCUT2D eigenvalue weighted by atomic mass is 10.2. The van der Waals surface area contributed by atoms with Gasteiger partial charge in [0.15, 0.2) is 0 Å². The van der Waals surface area contributed by atoms with Crippen molar-refractivity contribution in [1.82, 2.24) is 9.53 Å². The number of hydrogen-bond donors (Lipinski definition) is 0. The van der Waals surface area contributed by atoms with Gasteiger partial charge >= 0.3 is 0 Å². The van der Waals surface area contributed by atoms with Crippen molar-refractivity contribution in [3.8, 4) is 11.4 Å². The van der Waals surface area contributed by atoms with E-state index < -0.39 is 0 Å². The molecular weight excluding hydrogens is 196 g/mol. The van der Waals surface area contributed by atoms with Crippen LogP contribution in [0, 0.1) is 0 Å². The van der Waals surface area contributed by atoms with Crippen LogP contribution < -0.4 is 0 Å². The first-order chi connectivity index (χ1) is 6.95. The summed E-state index contributed by atoms with van der Waals surface area (Å²) in [5, 5.41) is 5.01. The van der Waals surface area contributed by atoms with Crippen LogP contribution in [0.3, 0.4) is 0 Å². The van der Waals surface area contributed by atoms with E-state index in [1.54, 1.807) is 6.26 Å². The molecule has 0 aliphatic heterocycles. The number of nitrogens with zero attached hydrogens (tertiary/aromatic N) is 2. The fraction of sp³-hybridized carbons (Fsp3) is 0. The summed E-state index contributed by atoms with van der Waals surface area (Å²) in [5.41, 5.74) is 1.70. The maximum atomic E-state index is 4.80. The Kier molecular flexibility index (Phi) is 1.61. The average Bonchev–Trinajstić information content (AvgIpc) is 2.85. The largest absolute Gasteiger partial charge is 0.364 e. The van der Waals surface area contributed by atoms with Gasteiger partial charge in [0.05, 0.1) is 4.70 Å². The number of fused-ring (bicyclic) bond motifs is 1. The molecule has 3 nitrogen and oxygen atoms in total. The molecule has 0 saturated carbocycles. The van der Waals surface area contributed by atoms with Crippen molar-refractivity contribution in [3.05, 3.63) is 36.6 Å². The van der Waals surface area contributed by atoms with Crippen LogP contribution in [0.2, 0.25) is 0 Å². The Hall–Kier alpha value is -1.68. The van der Waals surface area contributed by atoms with E-state index in [-0.39, 0.29) is 0 Å². The third kappa shape index (κ3) is 1.04. The average molecular weight is 202 g/mol. The maximum Gasteiger partial charge on any atom is 0.133 e. The highest BCUT2D eigenvalue weighted by Gasteiger charge is 2.09. The smallest absolute Gasteiger partial charge is 0.133 e. The van der Waals surface area contributed by atoms with Gasteiger partial charge in [0.25, 0.3) is 0 Å². The number of benzene rings is 1. The normalized spacial score (nSPS) is 10.9. The van der Waals surface area contributed by atoms with E-state index in [0.717, 1.165) is 16.8 Å². The molecule has 2 heterocycles. The molecule has 4 heteroatoms. The summed E-state index contributed by atoms with van der Waals surface area (Å²) in [4.78, 5) is 0. The summed E-state index contributed by atoms with van der Waals surface area (Å²) in [6.07, 6.45) is 1.56. The number of rotatable bonds is 1. The van der Waals surface area contributed by atoms with Crippen LogP contribution in [-0.2, 0) is 0 Å². The van der Waals surface area contributed by atoms with E-state index >= 15 is 0 Å². The third-order valence-corrected chi connectivity index (χ3v) is 2.88.